The molecule has 1 atom stereocenters. The van der Waals surface area contributed by atoms with E-state index >= 15 is 0 Å². The Morgan fingerprint density at radius 2 is 1.75 bits per heavy atom. The van der Waals surface area contributed by atoms with Crippen molar-refractivity contribution in [3.63, 3.8) is 0 Å². The number of ether oxygens (including phenoxy) is 1. The van der Waals surface area contributed by atoms with Gasteiger partial charge in [-0.3, -0.25) is 19.4 Å². The number of rotatable bonds is 8. The Balaban J connectivity index is 1.43. The minimum atomic E-state index is -0.226. The highest BCUT2D eigenvalue weighted by atomic mass is 16.5. The molecule has 1 fully saturated rings. The summed E-state index contributed by atoms with van der Waals surface area (Å²) in [6.07, 6.45) is 0. The fourth-order valence-electron chi connectivity index (χ4n) is 3.93. The van der Waals surface area contributed by atoms with Crippen LogP contribution in [0, 0.1) is 13.8 Å². The molecule has 1 unspecified atom stereocenters. The second kappa shape index (κ2) is 11.1. The van der Waals surface area contributed by atoms with E-state index in [1.807, 2.05) is 63.2 Å². The summed E-state index contributed by atoms with van der Waals surface area (Å²) in [7, 11) is 1.63. The summed E-state index contributed by atoms with van der Waals surface area (Å²) in [5.74, 6) is 0.764. The Morgan fingerprint density at radius 1 is 1.03 bits per heavy atom. The molecule has 7 nitrogen and oxygen atoms in total. The van der Waals surface area contributed by atoms with Gasteiger partial charge < -0.3 is 15.4 Å². The quantitative estimate of drug-likeness (QED) is 0.663. The summed E-state index contributed by atoms with van der Waals surface area (Å²) in [5.41, 5.74) is 4.08. The zero-order valence-corrected chi connectivity index (χ0v) is 19.5. The molecule has 0 aromatic heterocycles. The van der Waals surface area contributed by atoms with Crippen LogP contribution >= 0.6 is 0 Å². The monoisotopic (exact) mass is 438 g/mol. The normalized spacial score (nSPS) is 15.8. The van der Waals surface area contributed by atoms with Gasteiger partial charge >= 0.3 is 0 Å². The summed E-state index contributed by atoms with van der Waals surface area (Å²) < 4.78 is 5.35. The SMILES string of the molecule is COc1ccccc1CNC(=O)C(C)N1CCN(CC(=O)Nc2cccc(C)c2C)CC1. The van der Waals surface area contributed by atoms with Gasteiger partial charge in [-0.25, -0.2) is 0 Å². The molecule has 172 valence electrons. The van der Waals surface area contributed by atoms with Gasteiger partial charge in [0.15, 0.2) is 0 Å². The fraction of sp³-hybridized carbons (Fsp3) is 0.440. The van der Waals surface area contributed by atoms with Crippen LogP contribution in [0.15, 0.2) is 42.5 Å². The smallest absolute Gasteiger partial charge is 0.238 e. The van der Waals surface area contributed by atoms with E-state index in [1.54, 1.807) is 7.11 Å². The van der Waals surface area contributed by atoms with Crippen molar-refractivity contribution in [2.24, 2.45) is 0 Å². The van der Waals surface area contributed by atoms with E-state index in [0.717, 1.165) is 54.3 Å². The van der Waals surface area contributed by atoms with Crippen molar-refractivity contribution in [3.05, 3.63) is 59.2 Å². The minimum Gasteiger partial charge on any atom is -0.496 e. The van der Waals surface area contributed by atoms with Gasteiger partial charge in [0.1, 0.15) is 5.75 Å². The number of hydrogen-bond acceptors (Lipinski definition) is 5. The predicted octanol–water partition coefficient (Wildman–Crippen LogP) is 2.57. The summed E-state index contributed by atoms with van der Waals surface area (Å²) >= 11 is 0. The van der Waals surface area contributed by atoms with Gasteiger partial charge in [0.25, 0.3) is 0 Å². The summed E-state index contributed by atoms with van der Waals surface area (Å²) in [5, 5.41) is 6.04. The van der Waals surface area contributed by atoms with Crippen LogP contribution < -0.4 is 15.4 Å². The Morgan fingerprint density at radius 3 is 2.47 bits per heavy atom. The molecule has 0 radical (unpaired) electrons. The number of aryl methyl sites for hydroxylation is 1. The average Bonchev–Trinajstić information content (AvgIpc) is 2.80. The third kappa shape index (κ3) is 6.08. The number of amides is 2. The van der Waals surface area contributed by atoms with E-state index in [2.05, 4.69) is 20.4 Å². The lowest BCUT2D eigenvalue weighted by atomic mass is 10.1. The van der Waals surface area contributed by atoms with Crippen LogP contribution in [-0.4, -0.2) is 67.5 Å². The summed E-state index contributed by atoms with van der Waals surface area (Å²) in [6, 6.07) is 13.4. The van der Waals surface area contributed by atoms with Crippen molar-refractivity contribution in [2.75, 3.05) is 45.2 Å². The Kier molecular flexibility index (Phi) is 8.25. The fourth-order valence-corrected chi connectivity index (χ4v) is 3.93. The Bertz CT molecular complexity index is 939. The number of para-hydroxylation sites is 1. The average molecular weight is 439 g/mol. The highest BCUT2D eigenvalue weighted by molar-refractivity contribution is 5.93. The highest BCUT2D eigenvalue weighted by Crippen LogP contribution is 2.18. The van der Waals surface area contributed by atoms with Gasteiger partial charge in [0.2, 0.25) is 11.8 Å². The second-order valence-corrected chi connectivity index (χ2v) is 8.31. The lowest BCUT2D eigenvalue weighted by Gasteiger charge is -2.37. The highest BCUT2D eigenvalue weighted by Gasteiger charge is 2.26. The van der Waals surface area contributed by atoms with Crippen molar-refractivity contribution in [3.8, 4) is 5.75 Å². The van der Waals surface area contributed by atoms with E-state index in [-0.39, 0.29) is 17.9 Å². The first-order valence-electron chi connectivity index (χ1n) is 11.1. The topological polar surface area (TPSA) is 73.9 Å². The maximum atomic E-state index is 12.7. The maximum Gasteiger partial charge on any atom is 0.238 e. The number of piperazine rings is 1. The number of nitrogens with one attached hydrogen (secondary N) is 2. The molecule has 2 aromatic carbocycles. The van der Waals surface area contributed by atoms with Gasteiger partial charge in [-0.15, -0.1) is 0 Å². The van der Waals surface area contributed by atoms with Crippen LogP contribution in [0.2, 0.25) is 0 Å². The first-order valence-corrected chi connectivity index (χ1v) is 11.1. The van der Waals surface area contributed by atoms with Crippen LogP contribution in [-0.2, 0) is 16.1 Å². The third-order valence-corrected chi connectivity index (χ3v) is 6.23. The molecule has 2 N–H and O–H groups in total. The van der Waals surface area contributed by atoms with Gasteiger partial charge in [-0.1, -0.05) is 30.3 Å². The molecule has 1 aliphatic heterocycles. The van der Waals surface area contributed by atoms with Crippen LogP contribution in [0.3, 0.4) is 0 Å². The first kappa shape index (κ1) is 23.8. The molecule has 2 aromatic rings. The molecule has 32 heavy (non-hydrogen) atoms. The number of anilines is 1. The molecular weight excluding hydrogens is 404 g/mol. The largest absolute Gasteiger partial charge is 0.496 e. The van der Waals surface area contributed by atoms with Crippen LogP contribution in [0.1, 0.15) is 23.6 Å². The molecule has 7 heteroatoms. The lowest BCUT2D eigenvalue weighted by Crippen LogP contribution is -2.54. The number of benzene rings is 2. The van der Waals surface area contributed by atoms with Crippen molar-refractivity contribution < 1.29 is 14.3 Å². The predicted molar refractivity (Wildman–Crippen MR) is 127 cm³/mol. The second-order valence-electron chi connectivity index (χ2n) is 8.31. The molecule has 0 aliphatic carbocycles. The van der Waals surface area contributed by atoms with Gasteiger partial charge in [0.05, 0.1) is 19.7 Å². The van der Waals surface area contributed by atoms with Crippen LogP contribution in [0.4, 0.5) is 5.69 Å². The third-order valence-electron chi connectivity index (χ3n) is 6.23. The maximum absolute atomic E-state index is 12.7. The van der Waals surface area contributed by atoms with Gasteiger partial charge in [-0.2, -0.15) is 0 Å². The molecule has 0 spiro atoms. The number of methoxy groups -OCH3 is 1. The molecule has 2 amide bonds. The van der Waals surface area contributed by atoms with E-state index in [9.17, 15) is 9.59 Å². The van der Waals surface area contributed by atoms with Gasteiger partial charge in [-0.05, 0) is 44.0 Å². The van der Waals surface area contributed by atoms with E-state index in [0.29, 0.717) is 13.1 Å². The number of carbonyl (C=O) groups excluding carboxylic acids is 2. The van der Waals surface area contributed by atoms with Crippen molar-refractivity contribution in [1.29, 1.82) is 0 Å². The molecule has 0 bridgehead atoms. The van der Waals surface area contributed by atoms with Crippen molar-refractivity contribution in [1.82, 2.24) is 15.1 Å². The Hall–Kier alpha value is -2.90. The number of carbonyl (C=O) groups is 2. The summed E-state index contributed by atoms with van der Waals surface area (Å²) in [4.78, 5) is 29.5. The summed E-state index contributed by atoms with van der Waals surface area (Å²) in [6.45, 7) is 9.79. The lowest BCUT2D eigenvalue weighted by molar-refractivity contribution is -0.127. The van der Waals surface area contributed by atoms with E-state index in [4.69, 9.17) is 4.74 Å². The van der Waals surface area contributed by atoms with Crippen LogP contribution in [0.25, 0.3) is 0 Å². The van der Waals surface area contributed by atoms with Gasteiger partial charge in [0, 0.05) is 44.0 Å². The van der Waals surface area contributed by atoms with E-state index < -0.39 is 0 Å². The molecule has 1 heterocycles. The molecular formula is C25H34N4O3. The van der Waals surface area contributed by atoms with Crippen LogP contribution in [0.5, 0.6) is 5.75 Å². The molecule has 1 aliphatic rings. The Labute approximate surface area is 190 Å². The molecule has 1 saturated heterocycles. The standard InChI is InChI=1S/C25H34N4O3/c1-18-8-7-10-22(19(18)2)27-24(30)17-28-12-14-29(15-13-28)20(3)25(31)26-16-21-9-5-6-11-23(21)32-4/h5-11,20H,12-17H2,1-4H3,(H,26,31)(H,27,30). The minimum absolute atomic E-state index is 0.00276. The number of hydrogen-bond donors (Lipinski definition) is 2. The first-order chi connectivity index (χ1) is 15.4. The zero-order chi connectivity index (χ0) is 23.1. The van der Waals surface area contributed by atoms with Crippen molar-refractivity contribution in [2.45, 2.75) is 33.4 Å². The molecule has 3 rings (SSSR count). The number of nitrogens with zero attached hydrogens (tertiary/aromatic N) is 2. The molecule has 0 saturated carbocycles. The zero-order valence-electron chi connectivity index (χ0n) is 19.5. The van der Waals surface area contributed by atoms with Crippen molar-refractivity contribution >= 4 is 17.5 Å². The van der Waals surface area contributed by atoms with E-state index in [1.165, 1.54) is 0 Å².